The smallest absolute Gasteiger partial charge is 0.235 e. The molecule has 0 amide bonds. The van der Waals surface area contributed by atoms with Gasteiger partial charge >= 0.3 is 0 Å². The Balaban J connectivity index is 1.79. The zero-order valence-electron chi connectivity index (χ0n) is 9.47. The van der Waals surface area contributed by atoms with Gasteiger partial charge in [0.2, 0.25) is 10.0 Å². The van der Waals surface area contributed by atoms with Crippen LogP contribution in [0.25, 0.3) is 0 Å². The molecular formula is C11H19NO3S. The summed E-state index contributed by atoms with van der Waals surface area (Å²) in [7, 11) is -3.22. The highest BCUT2D eigenvalue weighted by atomic mass is 32.2. The van der Waals surface area contributed by atoms with Gasteiger partial charge in [0.05, 0.1) is 12.2 Å². The van der Waals surface area contributed by atoms with Crippen LogP contribution >= 0.6 is 0 Å². The molecule has 2 rings (SSSR count). The second-order valence-corrected chi connectivity index (χ2v) is 6.38. The first-order chi connectivity index (χ1) is 7.62. The fourth-order valence-electron chi connectivity index (χ4n) is 2.11. The molecule has 0 atom stereocenters. The maximum atomic E-state index is 11.5. The molecule has 0 aromatic carbocycles. The van der Waals surface area contributed by atoms with Crippen LogP contribution in [0.3, 0.4) is 0 Å². The van der Waals surface area contributed by atoms with Crippen LogP contribution in [-0.4, -0.2) is 38.0 Å². The second kappa shape index (κ2) is 4.85. The maximum absolute atomic E-state index is 11.5. The molecule has 1 saturated carbocycles. The van der Waals surface area contributed by atoms with Crippen molar-refractivity contribution in [3.63, 3.8) is 0 Å². The van der Waals surface area contributed by atoms with E-state index >= 15 is 0 Å². The van der Waals surface area contributed by atoms with Gasteiger partial charge in [-0.3, -0.25) is 0 Å². The van der Waals surface area contributed by atoms with Gasteiger partial charge in [-0.05, 0) is 32.1 Å². The zero-order chi connectivity index (χ0) is 11.6. The first kappa shape index (κ1) is 12.1. The van der Waals surface area contributed by atoms with Crippen molar-refractivity contribution >= 4 is 10.0 Å². The van der Waals surface area contributed by atoms with Gasteiger partial charge in [-0.2, -0.15) is 4.31 Å². The molecule has 92 valence electrons. The molecule has 0 spiro atoms. The van der Waals surface area contributed by atoms with Gasteiger partial charge in [0.1, 0.15) is 0 Å². The maximum Gasteiger partial charge on any atom is 0.235 e. The predicted octanol–water partition coefficient (Wildman–Crippen LogP) is 1.49. The highest BCUT2D eigenvalue weighted by Gasteiger charge is 2.29. The van der Waals surface area contributed by atoms with Crippen molar-refractivity contribution in [2.24, 2.45) is 0 Å². The number of hydrogen-bond donors (Lipinski definition) is 0. The summed E-state index contributed by atoms with van der Waals surface area (Å²) in [6.45, 7) is 4.46. The standard InChI is InChI=1S/C11H19NO3S/c1-2-16(13,14)12-8-6-11(7-9-12)15-10-4-3-5-10/h2,10-11H,1,3-9H2. The van der Waals surface area contributed by atoms with E-state index in [2.05, 4.69) is 6.58 Å². The summed E-state index contributed by atoms with van der Waals surface area (Å²) in [4.78, 5) is 0. The molecule has 0 unspecified atom stereocenters. The third-order valence-corrected chi connectivity index (χ3v) is 4.91. The second-order valence-electron chi connectivity index (χ2n) is 4.50. The molecule has 1 saturated heterocycles. The first-order valence-electron chi connectivity index (χ1n) is 5.90. The molecule has 16 heavy (non-hydrogen) atoms. The van der Waals surface area contributed by atoms with E-state index in [1.165, 1.54) is 23.6 Å². The Hall–Kier alpha value is -0.390. The van der Waals surface area contributed by atoms with Crippen molar-refractivity contribution < 1.29 is 13.2 Å². The van der Waals surface area contributed by atoms with Crippen LogP contribution in [-0.2, 0) is 14.8 Å². The highest BCUT2D eigenvalue weighted by molar-refractivity contribution is 7.92. The zero-order valence-corrected chi connectivity index (χ0v) is 10.3. The lowest BCUT2D eigenvalue weighted by Gasteiger charge is -2.35. The van der Waals surface area contributed by atoms with Crippen LogP contribution in [0.15, 0.2) is 12.0 Å². The van der Waals surface area contributed by atoms with Crippen LogP contribution in [0.1, 0.15) is 32.1 Å². The van der Waals surface area contributed by atoms with Crippen LogP contribution in [0, 0.1) is 0 Å². The molecule has 2 fully saturated rings. The Morgan fingerprint density at radius 2 is 1.69 bits per heavy atom. The molecule has 1 heterocycles. The van der Waals surface area contributed by atoms with Crippen LogP contribution in [0.2, 0.25) is 0 Å². The van der Waals surface area contributed by atoms with Gasteiger partial charge in [0.15, 0.2) is 0 Å². The minimum absolute atomic E-state index is 0.251. The topological polar surface area (TPSA) is 46.6 Å². The van der Waals surface area contributed by atoms with Gasteiger partial charge in [0.25, 0.3) is 0 Å². The summed E-state index contributed by atoms with van der Waals surface area (Å²) in [6, 6.07) is 0. The number of hydrogen-bond acceptors (Lipinski definition) is 3. The lowest BCUT2D eigenvalue weighted by Crippen LogP contribution is -2.41. The Morgan fingerprint density at radius 3 is 2.12 bits per heavy atom. The van der Waals surface area contributed by atoms with E-state index < -0.39 is 10.0 Å². The summed E-state index contributed by atoms with van der Waals surface area (Å²) in [5.41, 5.74) is 0. The van der Waals surface area contributed by atoms with Gasteiger partial charge < -0.3 is 4.74 Å². The van der Waals surface area contributed by atoms with Gasteiger partial charge in [-0.25, -0.2) is 8.42 Å². The number of sulfonamides is 1. The number of nitrogens with zero attached hydrogens (tertiary/aromatic N) is 1. The molecular weight excluding hydrogens is 226 g/mol. The Kier molecular flexibility index (Phi) is 3.66. The van der Waals surface area contributed by atoms with Gasteiger partial charge in [0, 0.05) is 18.5 Å². The predicted molar refractivity (Wildman–Crippen MR) is 62.4 cm³/mol. The van der Waals surface area contributed by atoms with Gasteiger partial charge in [-0.15, -0.1) is 0 Å². The average molecular weight is 245 g/mol. The molecule has 0 aromatic rings. The Labute approximate surface area is 97.3 Å². The summed E-state index contributed by atoms with van der Waals surface area (Å²) < 4.78 is 30.4. The molecule has 1 aliphatic carbocycles. The van der Waals surface area contributed by atoms with Crippen molar-refractivity contribution in [2.45, 2.75) is 44.3 Å². The number of rotatable bonds is 4. The van der Waals surface area contributed by atoms with E-state index in [-0.39, 0.29) is 6.10 Å². The molecule has 0 radical (unpaired) electrons. The third-order valence-electron chi connectivity index (χ3n) is 3.41. The molecule has 4 nitrogen and oxygen atoms in total. The SMILES string of the molecule is C=CS(=O)(=O)N1CCC(OC2CCC2)CC1. The molecule has 1 aliphatic heterocycles. The summed E-state index contributed by atoms with van der Waals surface area (Å²) in [5.74, 6) is 0. The lowest BCUT2D eigenvalue weighted by atomic mass is 9.95. The van der Waals surface area contributed by atoms with Crippen molar-refractivity contribution in [1.82, 2.24) is 4.31 Å². The van der Waals surface area contributed by atoms with E-state index in [1.807, 2.05) is 0 Å². The lowest BCUT2D eigenvalue weighted by molar-refractivity contribution is -0.0673. The van der Waals surface area contributed by atoms with E-state index in [1.54, 1.807) is 0 Å². The van der Waals surface area contributed by atoms with Crippen molar-refractivity contribution in [3.05, 3.63) is 12.0 Å². The van der Waals surface area contributed by atoms with Crippen molar-refractivity contribution in [2.75, 3.05) is 13.1 Å². The van der Waals surface area contributed by atoms with E-state index in [0.29, 0.717) is 19.2 Å². The molecule has 0 bridgehead atoms. The summed E-state index contributed by atoms with van der Waals surface area (Å²) >= 11 is 0. The fraction of sp³-hybridized carbons (Fsp3) is 0.818. The first-order valence-corrected chi connectivity index (χ1v) is 7.40. The van der Waals surface area contributed by atoms with Crippen molar-refractivity contribution in [1.29, 1.82) is 0 Å². The van der Waals surface area contributed by atoms with E-state index in [0.717, 1.165) is 18.2 Å². The number of piperidine rings is 1. The summed E-state index contributed by atoms with van der Waals surface area (Å²) in [6.07, 6.45) is 5.92. The number of ether oxygens (including phenoxy) is 1. The van der Waals surface area contributed by atoms with Crippen molar-refractivity contribution in [3.8, 4) is 0 Å². The van der Waals surface area contributed by atoms with Crippen LogP contribution < -0.4 is 0 Å². The van der Waals surface area contributed by atoms with E-state index in [9.17, 15) is 8.42 Å². The Bertz CT molecular complexity index is 340. The quantitative estimate of drug-likeness (QED) is 0.754. The van der Waals surface area contributed by atoms with Crippen LogP contribution in [0.4, 0.5) is 0 Å². The minimum atomic E-state index is -3.22. The summed E-state index contributed by atoms with van der Waals surface area (Å²) in [5, 5.41) is 1.03. The minimum Gasteiger partial charge on any atom is -0.375 e. The van der Waals surface area contributed by atoms with Crippen LogP contribution in [0.5, 0.6) is 0 Å². The highest BCUT2D eigenvalue weighted by Crippen LogP contribution is 2.27. The largest absolute Gasteiger partial charge is 0.375 e. The fourth-order valence-corrected chi connectivity index (χ4v) is 3.04. The Morgan fingerprint density at radius 1 is 1.12 bits per heavy atom. The molecule has 5 heteroatoms. The molecule has 0 N–H and O–H groups in total. The average Bonchev–Trinajstić information content (AvgIpc) is 2.24. The molecule has 2 aliphatic rings. The molecule has 0 aromatic heterocycles. The van der Waals surface area contributed by atoms with E-state index in [4.69, 9.17) is 4.74 Å². The van der Waals surface area contributed by atoms with Gasteiger partial charge in [-0.1, -0.05) is 6.58 Å². The normalized spacial score (nSPS) is 25.2. The monoisotopic (exact) mass is 245 g/mol. The third kappa shape index (κ3) is 2.64.